The van der Waals surface area contributed by atoms with Crippen LogP contribution in [0.1, 0.15) is 48.6 Å². The lowest BCUT2D eigenvalue weighted by atomic mass is 9.92. The van der Waals surface area contributed by atoms with Crippen LogP contribution in [0.15, 0.2) is 85.2 Å². The number of amides is 4. The van der Waals surface area contributed by atoms with Crippen LogP contribution in [0.25, 0.3) is 0 Å². The molecule has 0 saturated carbocycles. The van der Waals surface area contributed by atoms with Crippen LogP contribution in [-0.2, 0) is 0 Å². The summed E-state index contributed by atoms with van der Waals surface area (Å²) in [6.45, 7) is 4.26. The number of anilines is 4. The number of benzene rings is 2. The lowest BCUT2D eigenvalue weighted by molar-refractivity contribution is 0.261. The van der Waals surface area contributed by atoms with Crippen LogP contribution >= 0.6 is 23.2 Å². The molecule has 0 aliphatic carbocycles. The highest BCUT2D eigenvalue weighted by Gasteiger charge is 2.16. The molecule has 6 rings (SSSR count). The Kier molecular flexibility index (Phi) is 12.2. The van der Waals surface area contributed by atoms with Crippen LogP contribution in [0.5, 0.6) is 0 Å². The summed E-state index contributed by atoms with van der Waals surface area (Å²) in [5.74, 6) is 1.58. The summed E-state index contributed by atoms with van der Waals surface area (Å²) in [5.41, 5.74) is 4.73. The molecule has 4 heterocycles. The third kappa shape index (κ3) is 10.4. The summed E-state index contributed by atoms with van der Waals surface area (Å²) in [5, 5.41) is 18.7. The summed E-state index contributed by atoms with van der Waals surface area (Å²) < 4.78 is 0. The van der Waals surface area contributed by atoms with E-state index < -0.39 is 0 Å². The number of carbonyl (C=O) groups excluding carboxylic acids is 2. The first-order chi connectivity index (χ1) is 22.4. The molecule has 2 aromatic heterocycles. The third-order valence-electron chi connectivity index (χ3n) is 7.83. The lowest BCUT2D eigenvalue weighted by Crippen LogP contribution is -2.28. The zero-order chi connectivity index (χ0) is 32.1. The van der Waals surface area contributed by atoms with Gasteiger partial charge in [-0.05, 0) is 110 Å². The second-order valence-electron chi connectivity index (χ2n) is 11.2. The highest BCUT2D eigenvalue weighted by molar-refractivity contribution is 6.30. The Morgan fingerprint density at radius 3 is 1.59 bits per heavy atom. The summed E-state index contributed by atoms with van der Waals surface area (Å²) in [7, 11) is 0. The minimum atomic E-state index is -0.327. The Morgan fingerprint density at radius 1 is 0.609 bits per heavy atom. The molecule has 2 atom stereocenters. The van der Waals surface area contributed by atoms with Crippen molar-refractivity contribution in [2.45, 2.75) is 37.5 Å². The molecule has 0 bridgehead atoms. The number of halogens is 2. The van der Waals surface area contributed by atoms with E-state index in [2.05, 4.69) is 66.1 Å². The van der Waals surface area contributed by atoms with Crippen LogP contribution in [0.2, 0.25) is 10.2 Å². The molecule has 2 fully saturated rings. The molecule has 2 aliphatic rings. The normalized spacial score (nSPS) is 17.5. The molecule has 2 saturated heterocycles. The smallest absolute Gasteiger partial charge is 0.316 e. The van der Waals surface area contributed by atoms with Gasteiger partial charge in [0, 0.05) is 30.7 Å². The maximum atomic E-state index is 12.0. The SMILES string of the molecule is O=C(Nc1ccc(C2CCCNC2)cc1)Nc1ccc(Cl)cn1.O=C(Nc1ccc(C2CCCNC2)cc1)Nc1ccc(Cl)nc1. The van der Waals surface area contributed by atoms with Gasteiger partial charge < -0.3 is 26.6 Å². The van der Waals surface area contributed by atoms with Crippen molar-refractivity contribution in [3.05, 3.63) is 106 Å². The second kappa shape index (κ2) is 16.9. The van der Waals surface area contributed by atoms with Crippen molar-refractivity contribution in [2.24, 2.45) is 0 Å². The highest BCUT2D eigenvalue weighted by atomic mass is 35.5. The van der Waals surface area contributed by atoms with E-state index in [-0.39, 0.29) is 12.1 Å². The van der Waals surface area contributed by atoms with Gasteiger partial charge in [-0.3, -0.25) is 5.32 Å². The van der Waals surface area contributed by atoms with Gasteiger partial charge in [-0.25, -0.2) is 19.6 Å². The number of urea groups is 2. The predicted molar refractivity (Wildman–Crippen MR) is 186 cm³/mol. The molecule has 0 spiro atoms. The van der Waals surface area contributed by atoms with E-state index in [9.17, 15) is 9.59 Å². The number of hydrogen-bond acceptors (Lipinski definition) is 6. The van der Waals surface area contributed by atoms with Gasteiger partial charge in [-0.15, -0.1) is 0 Å². The van der Waals surface area contributed by atoms with Gasteiger partial charge >= 0.3 is 12.1 Å². The molecule has 4 amide bonds. The topological polar surface area (TPSA) is 132 Å². The van der Waals surface area contributed by atoms with Crippen molar-refractivity contribution in [3.63, 3.8) is 0 Å². The Hall–Kier alpha value is -4.22. The van der Waals surface area contributed by atoms with Gasteiger partial charge in [-0.2, -0.15) is 0 Å². The number of carbonyl (C=O) groups is 2. The highest BCUT2D eigenvalue weighted by Crippen LogP contribution is 2.25. The molecular weight excluding hydrogens is 623 g/mol. The van der Waals surface area contributed by atoms with Crippen molar-refractivity contribution < 1.29 is 9.59 Å². The second-order valence-corrected chi connectivity index (χ2v) is 12.0. The van der Waals surface area contributed by atoms with Gasteiger partial charge in [0.05, 0.1) is 16.9 Å². The fraction of sp³-hybridized carbons (Fsp3) is 0.294. The van der Waals surface area contributed by atoms with Crippen LogP contribution in [0, 0.1) is 0 Å². The van der Waals surface area contributed by atoms with E-state index in [0.717, 1.165) is 37.6 Å². The molecule has 2 aromatic carbocycles. The number of piperidine rings is 2. The molecule has 46 heavy (non-hydrogen) atoms. The first-order valence-electron chi connectivity index (χ1n) is 15.4. The van der Waals surface area contributed by atoms with Crippen LogP contribution in [-0.4, -0.2) is 48.2 Å². The Morgan fingerprint density at radius 2 is 1.13 bits per heavy atom. The molecule has 10 nitrogen and oxygen atoms in total. The van der Waals surface area contributed by atoms with E-state index in [4.69, 9.17) is 23.2 Å². The average Bonchev–Trinajstić information content (AvgIpc) is 3.09. The number of hydrogen-bond donors (Lipinski definition) is 6. The van der Waals surface area contributed by atoms with E-state index in [1.807, 2.05) is 24.3 Å². The summed E-state index contributed by atoms with van der Waals surface area (Å²) in [4.78, 5) is 31.9. The van der Waals surface area contributed by atoms with Crippen molar-refractivity contribution in [3.8, 4) is 0 Å². The summed E-state index contributed by atoms with van der Waals surface area (Å²) >= 11 is 11.5. The predicted octanol–water partition coefficient (Wildman–Crippen LogP) is 7.69. The Labute approximate surface area is 279 Å². The largest absolute Gasteiger partial charge is 0.324 e. The Balaban J connectivity index is 0.000000181. The maximum Gasteiger partial charge on any atom is 0.324 e. The fourth-order valence-corrected chi connectivity index (χ4v) is 5.65. The number of nitrogens with zero attached hydrogens (tertiary/aromatic N) is 2. The molecular formula is C34H38Cl2N8O2. The minimum absolute atomic E-state index is 0.304. The lowest BCUT2D eigenvalue weighted by Gasteiger charge is -2.23. The van der Waals surface area contributed by atoms with E-state index >= 15 is 0 Å². The molecule has 2 unspecified atom stereocenters. The van der Waals surface area contributed by atoms with Crippen molar-refractivity contribution in [1.82, 2.24) is 20.6 Å². The van der Waals surface area contributed by atoms with Gasteiger partial charge in [0.1, 0.15) is 11.0 Å². The average molecular weight is 662 g/mol. The number of rotatable bonds is 6. The summed E-state index contributed by atoms with van der Waals surface area (Å²) in [6.07, 6.45) is 7.85. The van der Waals surface area contributed by atoms with Gasteiger partial charge in [-0.1, -0.05) is 47.5 Å². The molecule has 0 radical (unpaired) electrons. The quantitative estimate of drug-likeness (QED) is 0.118. The van der Waals surface area contributed by atoms with Gasteiger partial charge in [0.15, 0.2) is 0 Å². The number of pyridine rings is 2. The van der Waals surface area contributed by atoms with Gasteiger partial charge in [0.2, 0.25) is 0 Å². The standard InChI is InChI=1S/2C17H19ClN4O/c18-14-5-8-16(20-11-14)22-17(23)21-15-6-3-12(4-7-15)13-2-1-9-19-10-13;18-16-8-7-15(11-20-16)22-17(23)21-14-5-3-12(4-6-14)13-2-1-9-19-10-13/h3-8,11,13,19H,1-2,9-10H2,(H2,20,21,22,23);3-8,11,13,19H,1-2,9-10H2,(H2,21,22,23). The van der Waals surface area contributed by atoms with Crippen LogP contribution < -0.4 is 31.9 Å². The maximum absolute atomic E-state index is 12.0. The van der Waals surface area contributed by atoms with Crippen LogP contribution in [0.4, 0.5) is 32.5 Å². The zero-order valence-corrected chi connectivity index (χ0v) is 26.9. The first kappa shape index (κ1) is 33.2. The molecule has 2 aliphatic heterocycles. The third-order valence-corrected chi connectivity index (χ3v) is 8.28. The molecule has 12 heteroatoms. The Bertz CT molecular complexity index is 1420. The minimum Gasteiger partial charge on any atom is -0.316 e. The monoisotopic (exact) mass is 660 g/mol. The van der Waals surface area contributed by atoms with E-state index in [1.165, 1.54) is 49.2 Å². The van der Waals surface area contributed by atoms with Gasteiger partial charge in [0.25, 0.3) is 0 Å². The first-order valence-corrected chi connectivity index (χ1v) is 16.2. The molecule has 240 valence electrons. The fourth-order valence-electron chi connectivity index (χ4n) is 5.42. The van der Waals surface area contributed by atoms with Crippen LogP contribution in [0.3, 0.4) is 0 Å². The zero-order valence-electron chi connectivity index (χ0n) is 25.4. The number of nitrogens with one attached hydrogen (secondary N) is 6. The summed E-state index contributed by atoms with van der Waals surface area (Å²) in [6, 6.07) is 22.1. The van der Waals surface area contributed by atoms with Crippen molar-refractivity contribution in [1.29, 1.82) is 0 Å². The molecule has 6 N–H and O–H groups in total. The van der Waals surface area contributed by atoms with Crippen molar-refractivity contribution in [2.75, 3.05) is 47.4 Å². The number of aromatic nitrogens is 2. The van der Waals surface area contributed by atoms with E-state index in [1.54, 1.807) is 24.3 Å². The molecule has 4 aromatic rings. The van der Waals surface area contributed by atoms with E-state index in [0.29, 0.717) is 33.5 Å². The van der Waals surface area contributed by atoms with Crippen molar-refractivity contribution >= 4 is 58.1 Å².